The number of aromatic carboxylic acids is 1. The number of hydrogen-bond donors (Lipinski definition) is 1. The van der Waals surface area contributed by atoms with Crippen LogP contribution in [0.4, 0.5) is 0 Å². The van der Waals surface area contributed by atoms with E-state index in [-0.39, 0.29) is 5.56 Å². The van der Waals surface area contributed by atoms with Crippen LogP contribution in [0.3, 0.4) is 0 Å². The van der Waals surface area contributed by atoms with E-state index in [9.17, 15) is 4.79 Å². The fourth-order valence-corrected chi connectivity index (χ4v) is 0.734. The van der Waals surface area contributed by atoms with Gasteiger partial charge >= 0.3 is 5.97 Å². The van der Waals surface area contributed by atoms with E-state index < -0.39 is 5.97 Å². The molecule has 1 aromatic heterocycles. The summed E-state index contributed by atoms with van der Waals surface area (Å²) in [6, 6.07) is 1.40. The van der Waals surface area contributed by atoms with Crippen LogP contribution in [0.1, 0.15) is 16.1 Å². The van der Waals surface area contributed by atoms with Crippen molar-refractivity contribution in [2.24, 2.45) is 0 Å². The molecular weight excluding hydrogens is 144 g/mol. The summed E-state index contributed by atoms with van der Waals surface area (Å²) < 4.78 is 4.86. The number of furan rings is 1. The molecule has 0 saturated carbocycles. The van der Waals surface area contributed by atoms with Crippen LogP contribution in [0.25, 0.3) is 0 Å². The van der Waals surface area contributed by atoms with Crippen molar-refractivity contribution in [2.75, 3.05) is 0 Å². The van der Waals surface area contributed by atoms with Crippen LogP contribution in [0.5, 0.6) is 0 Å². The SMILES string of the molecule is C=C[CH]c1occc1C(=O)O. The Morgan fingerprint density at radius 2 is 2.45 bits per heavy atom. The van der Waals surface area contributed by atoms with Crippen LogP contribution in [-0.4, -0.2) is 11.1 Å². The first kappa shape index (κ1) is 7.60. The van der Waals surface area contributed by atoms with Crippen molar-refractivity contribution in [1.82, 2.24) is 0 Å². The van der Waals surface area contributed by atoms with Gasteiger partial charge < -0.3 is 9.52 Å². The van der Waals surface area contributed by atoms with Crippen LogP contribution in [0.15, 0.2) is 29.4 Å². The van der Waals surface area contributed by atoms with Crippen LogP contribution in [-0.2, 0) is 0 Å². The zero-order chi connectivity index (χ0) is 8.27. The minimum absolute atomic E-state index is 0.157. The molecule has 0 atom stereocenters. The van der Waals surface area contributed by atoms with E-state index in [0.29, 0.717) is 5.76 Å². The molecule has 1 N–H and O–H groups in total. The molecule has 0 saturated heterocycles. The van der Waals surface area contributed by atoms with Crippen molar-refractivity contribution in [3.05, 3.63) is 42.7 Å². The summed E-state index contributed by atoms with van der Waals surface area (Å²) >= 11 is 0. The van der Waals surface area contributed by atoms with E-state index in [1.807, 2.05) is 0 Å². The van der Waals surface area contributed by atoms with Crippen LogP contribution >= 0.6 is 0 Å². The molecule has 57 valence electrons. The Balaban J connectivity index is 2.95. The summed E-state index contributed by atoms with van der Waals surface area (Å²) in [6.07, 6.45) is 4.31. The normalized spacial score (nSPS) is 9.45. The third-order valence-electron chi connectivity index (χ3n) is 1.19. The summed E-state index contributed by atoms with van der Waals surface area (Å²) in [5.41, 5.74) is 0.157. The van der Waals surface area contributed by atoms with Gasteiger partial charge in [0.15, 0.2) is 0 Å². The number of allylic oxidation sites excluding steroid dienone is 1. The van der Waals surface area contributed by atoms with E-state index in [2.05, 4.69) is 6.58 Å². The Bertz CT molecular complexity index is 273. The van der Waals surface area contributed by atoms with Gasteiger partial charge in [0.25, 0.3) is 0 Å². The highest BCUT2D eigenvalue weighted by molar-refractivity contribution is 5.89. The van der Waals surface area contributed by atoms with Gasteiger partial charge in [0.05, 0.1) is 6.26 Å². The van der Waals surface area contributed by atoms with Gasteiger partial charge in [-0.2, -0.15) is 0 Å². The molecule has 1 rings (SSSR count). The molecular formula is C8H7O3. The van der Waals surface area contributed by atoms with Gasteiger partial charge in [-0.1, -0.05) is 6.08 Å². The Kier molecular flexibility index (Phi) is 2.11. The molecule has 0 aliphatic heterocycles. The molecule has 3 heteroatoms. The number of carboxylic acids is 1. The first-order chi connectivity index (χ1) is 5.25. The van der Waals surface area contributed by atoms with Gasteiger partial charge in [-0.05, 0) is 6.07 Å². The van der Waals surface area contributed by atoms with Gasteiger partial charge in [0, 0.05) is 6.42 Å². The van der Waals surface area contributed by atoms with Crippen molar-refractivity contribution in [3.8, 4) is 0 Å². The number of carbonyl (C=O) groups is 1. The van der Waals surface area contributed by atoms with Crippen LogP contribution in [0.2, 0.25) is 0 Å². The third-order valence-corrected chi connectivity index (χ3v) is 1.19. The van der Waals surface area contributed by atoms with Crippen LogP contribution < -0.4 is 0 Å². The minimum Gasteiger partial charge on any atom is -0.478 e. The standard InChI is InChI=1S/C8H7O3/c1-2-3-7-6(8(9)10)4-5-11-7/h2-5H,1H2,(H,9,10). The fraction of sp³-hybridized carbons (Fsp3) is 0. The van der Waals surface area contributed by atoms with Gasteiger partial charge in [-0.25, -0.2) is 4.79 Å². The first-order valence-electron chi connectivity index (χ1n) is 3.02. The summed E-state index contributed by atoms with van der Waals surface area (Å²) in [4.78, 5) is 10.4. The summed E-state index contributed by atoms with van der Waals surface area (Å²) in [5, 5.41) is 8.57. The van der Waals surface area contributed by atoms with Crippen molar-refractivity contribution < 1.29 is 14.3 Å². The second-order valence-corrected chi connectivity index (χ2v) is 1.91. The van der Waals surface area contributed by atoms with E-state index >= 15 is 0 Å². The summed E-state index contributed by atoms with van der Waals surface area (Å²) in [5.74, 6) is -0.667. The topological polar surface area (TPSA) is 50.4 Å². The zero-order valence-electron chi connectivity index (χ0n) is 5.78. The van der Waals surface area contributed by atoms with Crippen molar-refractivity contribution in [2.45, 2.75) is 0 Å². The Morgan fingerprint density at radius 1 is 1.73 bits per heavy atom. The van der Waals surface area contributed by atoms with Crippen LogP contribution in [0, 0.1) is 6.42 Å². The lowest BCUT2D eigenvalue weighted by molar-refractivity contribution is 0.0695. The van der Waals surface area contributed by atoms with Gasteiger partial charge in [0.1, 0.15) is 11.3 Å². The molecule has 0 spiro atoms. The van der Waals surface area contributed by atoms with Crippen molar-refractivity contribution in [1.29, 1.82) is 0 Å². The summed E-state index contributed by atoms with van der Waals surface area (Å²) in [6.45, 7) is 3.43. The molecule has 3 nitrogen and oxygen atoms in total. The molecule has 1 heterocycles. The maximum absolute atomic E-state index is 10.4. The number of carboxylic acid groups (broad SMARTS) is 1. The Hall–Kier alpha value is -1.51. The maximum atomic E-state index is 10.4. The number of hydrogen-bond acceptors (Lipinski definition) is 2. The van der Waals surface area contributed by atoms with E-state index in [1.54, 1.807) is 0 Å². The molecule has 11 heavy (non-hydrogen) atoms. The minimum atomic E-state index is -0.994. The van der Waals surface area contributed by atoms with Gasteiger partial charge in [-0.3, -0.25) is 0 Å². The first-order valence-corrected chi connectivity index (χ1v) is 3.02. The van der Waals surface area contributed by atoms with Crippen molar-refractivity contribution >= 4 is 5.97 Å². The predicted octanol–water partition coefficient (Wildman–Crippen LogP) is 1.72. The number of rotatable bonds is 3. The average Bonchev–Trinajstić information content (AvgIpc) is 2.36. The molecule has 0 aliphatic rings. The monoisotopic (exact) mass is 151 g/mol. The Labute approximate surface area is 64.0 Å². The fourth-order valence-electron chi connectivity index (χ4n) is 0.734. The molecule has 0 bridgehead atoms. The molecule has 0 aromatic carbocycles. The second-order valence-electron chi connectivity index (χ2n) is 1.91. The lowest BCUT2D eigenvalue weighted by atomic mass is 10.2. The largest absolute Gasteiger partial charge is 0.478 e. The van der Waals surface area contributed by atoms with E-state index in [0.717, 1.165) is 0 Å². The lowest BCUT2D eigenvalue weighted by Crippen LogP contribution is -1.96. The van der Waals surface area contributed by atoms with Gasteiger partial charge in [0.2, 0.25) is 0 Å². The second kappa shape index (κ2) is 3.05. The third kappa shape index (κ3) is 1.49. The molecule has 1 radical (unpaired) electrons. The summed E-state index contributed by atoms with van der Waals surface area (Å²) in [7, 11) is 0. The quantitative estimate of drug-likeness (QED) is 0.715. The smallest absolute Gasteiger partial charge is 0.339 e. The molecule has 0 aliphatic carbocycles. The van der Waals surface area contributed by atoms with E-state index in [4.69, 9.17) is 9.52 Å². The average molecular weight is 151 g/mol. The predicted molar refractivity (Wildman–Crippen MR) is 39.3 cm³/mol. The zero-order valence-corrected chi connectivity index (χ0v) is 5.78. The highest BCUT2D eigenvalue weighted by atomic mass is 16.4. The van der Waals surface area contributed by atoms with Crippen molar-refractivity contribution in [3.63, 3.8) is 0 Å². The van der Waals surface area contributed by atoms with E-state index in [1.165, 1.54) is 24.8 Å². The highest BCUT2D eigenvalue weighted by Crippen LogP contribution is 2.12. The Morgan fingerprint density at radius 3 is 3.00 bits per heavy atom. The molecule has 0 fully saturated rings. The molecule has 1 aromatic rings. The molecule has 0 amide bonds. The van der Waals surface area contributed by atoms with Gasteiger partial charge in [-0.15, -0.1) is 6.58 Å². The maximum Gasteiger partial charge on any atom is 0.339 e. The molecule has 0 unspecified atom stereocenters. The highest BCUT2D eigenvalue weighted by Gasteiger charge is 2.11. The lowest BCUT2D eigenvalue weighted by Gasteiger charge is -1.90.